The number of benzene rings is 9. The molecule has 0 atom stereocenters. The van der Waals surface area contributed by atoms with Crippen LogP contribution in [0.15, 0.2) is 194 Å². The van der Waals surface area contributed by atoms with Gasteiger partial charge in [-0.05, 0) is 150 Å². The van der Waals surface area contributed by atoms with Gasteiger partial charge in [-0.1, -0.05) is 144 Å². The molecule has 1 aliphatic carbocycles. The molecule has 1 aliphatic rings. The van der Waals surface area contributed by atoms with Crippen LogP contribution in [-0.4, -0.2) is 17.2 Å². The third kappa shape index (κ3) is 5.48. The van der Waals surface area contributed by atoms with Gasteiger partial charge in [0.25, 0.3) is 0 Å². The molecule has 11 aromatic rings. The second-order valence-corrected chi connectivity index (χ2v) is 21.5. The van der Waals surface area contributed by atoms with Crippen molar-refractivity contribution in [1.29, 1.82) is 0 Å². The van der Waals surface area contributed by atoms with E-state index < -0.39 is 8.07 Å². The summed E-state index contributed by atoms with van der Waals surface area (Å²) in [4.78, 5) is 0. The van der Waals surface area contributed by atoms with Crippen LogP contribution in [0.25, 0.3) is 66.1 Å². The van der Waals surface area contributed by atoms with E-state index >= 15 is 0 Å². The van der Waals surface area contributed by atoms with Crippen LogP contribution in [0, 0.1) is 27.7 Å². The molecule has 0 saturated carbocycles. The van der Waals surface area contributed by atoms with E-state index in [0.717, 1.165) is 6.42 Å². The molecule has 2 heterocycles. The highest BCUT2D eigenvalue weighted by molar-refractivity contribution is 7.20. The Bertz CT molecular complexity index is 3430. The van der Waals surface area contributed by atoms with Crippen molar-refractivity contribution in [2.24, 2.45) is 0 Å². The van der Waals surface area contributed by atoms with E-state index in [1.807, 2.05) is 0 Å². The van der Waals surface area contributed by atoms with Crippen LogP contribution in [0.3, 0.4) is 0 Å². The summed E-state index contributed by atoms with van der Waals surface area (Å²) in [5.41, 5.74) is 17.9. The second kappa shape index (κ2) is 13.9. The highest BCUT2D eigenvalue weighted by Gasteiger charge is 2.42. The fraction of sp³-hybridized carbons (Fsp3) is 0.0847. The first kappa shape index (κ1) is 36.6. The zero-order valence-corrected chi connectivity index (χ0v) is 36.6. The molecular formula is C59H46N2Si. The number of fused-ring (bicyclic) bond motifs is 9. The molecule has 2 aromatic heterocycles. The monoisotopic (exact) mass is 810 g/mol. The maximum atomic E-state index is 2.58. The lowest BCUT2D eigenvalue weighted by molar-refractivity contribution is 1.17. The largest absolute Gasteiger partial charge is 0.309 e. The van der Waals surface area contributed by atoms with E-state index in [2.05, 4.69) is 231 Å². The maximum Gasteiger partial charge on any atom is 0.179 e. The van der Waals surface area contributed by atoms with E-state index in [9.17, 15) is 0 Å². The van der Waals surface area contributed by atoms with E-state index in [-0.39, 0.29) is 0 Å². The van der Waals surface area contributed by atoms with E-state index in [4.69, 9.17) is 0 Å². The predicted octanol–water partition coefficient (Wildman–Crippen LogP) is 12.1. The van der Waals surface area contributed by atoms with Crippen LogP contribution in [0.4, 0.5) is 0 Å². The van der Waals surface area contributed by atoms with Crippen molar-refractivity contribution < 1.29 is 0 Å². The summed E-state index contributed by atoms with van der Waals surface area (Å²) in [6, 6.07) is 74.5. The third-order valence-corrected chi connectivity index (χ3v) is 18.4. The molecule has 0 fully saturated rings. The van der Waals surface area contributed by atoms with E-state index in [0.29, 0.717) is 0 Å². The molecule has 0 spiro atoms. The second-order valence-electron chi connectivity index (χ2n) is 17.7. The van der Waals surface area contributed by atoms with Gasteiger partial charge in [-0.25, -0.2) is 0 Å². The van der Waals surface area contributed by atoms with Crippen molar-refractivity contribution in [2.75, 3.05) is 0 Å². The Labute approximate surface area is 364 Å². The molecule has 62 heavy (non-hydrogen) atoms. The fourth-order valence-corrected chi connectivity index (χ4v) is 15.6. The predicted molar refractivity (Wildman–Crippen MR) is 266 cm³/mol. The summed E-state index contributed by atoms with van der Waals surface area (Å²) < 4.78 is 4.96. The molecule has 12 rings (SSSR count). The quantitative estimate of drug-likeness (QED) is 0.117. The van der Waals surface area contributed by atoms with Crippen LogP contribution in [0.2, 0.25) is 0 Å². The van der Waals surface area contributed by atoms with Gasteiger partial charge in [-0.3, -0.25) is 0 Å². The molecule has 3 heteroatoms. The van der Waals surface area contributed by atoms with Crippen molar-refractivity contribution in [2.45, 2.75) is 34.1 Å². The van der Waals surface area contributed by atoms with Gasteiger partial charge in [-0.2, -0.15) is 0 Å². The molecule has 0 unspecified atom stereocenters. The van der Waals surface area contributed by atoms with Crippen LogP contribution < -0.4 is 20.7 Å². The Hall–Kier alpha value is -7.20. The third-order valence-electron chi connectivity index (χ3n) is 13.7. The Morgan fingerprint density at radius 1 is 0.323 bits per heavy atom. The zero-order valence-electron chi connectivity index (χ0n) is 35.6. The van der Waals surface area contributed by atoms with Gasteiger partial charge in [0.1, 0.15) is 0 Å². The minimum atomic E-state index is -2.93. The highest BCUT2D eigenvalue weighted by Crippen LogP contribution is 2.40. The molecule has 2 nitrogen and oxygen atoms in total. The zero-order chi connectivity index (χ0) is 41.7. The van der Waals surface area contributed by atoms with Crippen molar-refractivity contribution >= 4 is 72.4 Å². The minimum absolute atomic E-state index is 0.935. The van der Waals surface area contributed by atoms with Gasteiger partial charge in [0.05, 0.1) is 22.1 Å². The van der Waals surface area contributed by atoms with Gasteiger partial charge in [0.15, 0.2) is 8.07 Å². The van der Waals surface area contributed by atoms with Gasteiger partial charge >= 0.3 is 0 Å². The van der Waals surface area contributed by atoms with Crippen LogP contribution in [0.5, 0.6) is 0 Å². The standard InChI is InChI=1S/C59H46N2Si/c1-38-18-26-56-52(30-38)53-31-39(2)19-27-57(53)60(56)44-12-11-17-48(35-44)62(46-13-7-5-8-14-46,47-15-9-6-10-16-47)49-25-23-43-34-42-22-24-45(36-50(42)51(43)37-49)61-58-28-20-40(3)32-54(58)55-33-41(4)21-29-59(55)61/h5-33,35-37H,34H2,1-4H3. The average Bonchev–Trinajstić information content (AvgIpc) is 3.93. The molecule has 0 aliphatic heterocycles. The number of nitrogens with zero attached hydrogens (tertiary/aromatic N) is 2. The average molecular weight is 811 g/mol. The van der Waals surface area contributed by atoms with Crippen LogP contribution in [0.1, 0.15) is 33.4 Å². The normalized spacial score (nSPS) is 12.5. The number of hydrogen-bond acceptors (Lipinski definition) is 0. The summed E-state index contributed by atoms with van der Waals surface area (Å²) in [6.07, 6.45) is 0.935. The van der Waals surface area contributed by atoms with Gasteiger partial charge in [0, 0.05) is 32.9 Å². The lowest BCUT2D eigenvalue weighted by Crippen LogP contribution is -2.74. The van der Waals surface area contributed by atoms with E-state index in [1.54, 1.807) is 0 Å². The number of aromatic nitrogens is 2. The smallest absolute Gasteiger partial charge is 0.179 e. The van der Waals surface area contributed by atoms with Gasteiger partial charge in [0.2, 0.25) is 0 Å². The summed E-state index contributed by atoms with van der Waals surface area (Å²) in [7, 11) is -2.93. The minimum Gasteiger partial charge on any atom is -0.309 e. The van der Waals surface area contributed by atoms with E-state index in [1.165, 1.54) is 120 Å². The summed E-state index contributed by atoms with van der Waals surface area (Å²) in [5, 5.41) is 10.7. The molecular weight excluding hydrogens is 765 g/mol. The first-order valence-corrected chi connectivity index (χ1v) is 23.9. The molecule has 0 bridgehead atoms. The molecule has 0 N–H and O–H groups in total. The number of aryl methyl sites for hydroxylation is 4. The van der Waals surface area contributed by atoms with Gasteiger partial charge in [-0.15, -0.1) is 0 Å². The molecule has 0 saturated heterocycles. The van der Waals surface area contributed by atoms with Crippen molar-refractivity contribution in [1.82, 2.24) is 9.13 Å². The molecule has 0 amide bonds. The van der Waals surface area contributed by atoms with Crippen LogP contribution >= 0.6 is 0 Å². The summed E-state index contributed by atoms with van der Waals surface area (Å²) >= 11 is 0. The first-order chi connectivity index (χ1) is 30.3. The summed E-state index contributed by atoms with van der Waals surface area (Å²) in [5.74, 6) is 0. The molecule has 296 valence electrons. The maximum absolute atomic E-state index is 2.93. The van der Waals surface area contributed by atoms with Crippen molar-refractivity contribution in [3.63, 3.8) is 0 Å². The van der Waals surface area contributed by atoms with Gasteiger partial charge < -0.3 is 9.13 Å². The topological polar surface area (TPSA) is 9.86 Å². The molecule has 0 radical (unpaired) electrons. The lowest BCUT2D eigenvalue weighted by atomic mass is 10.0. The molecule has 9 aromatic carbocycles. The Morgan fingerprint density at radius 2 is 0.726 bits per heavy atom. The highest BCUT2D eigenvalue weighted by atomic mass is 28.3. The van der Waals surface area contributed by atoms with Crippen molar-refractivity contribution in [3.8, 4) is 22.5 Å². The first-order valence-electron chi connectivity index (χ1n) is 21.9. The fourth-order valence-electron chi connectivity index (χ4n) is 10.8. The Morgan fingerprint density at radius 3 is 1.21 bits per heavy atom. The lowest BCUT2D eigenvalue weighted by Gasteiger charge is -2.35. The number of rotatable bonds is 6. The summed E-state index contributed by atoms with van der Waals surface area (Å²) in [6.45, 7) is 8.78. The Balaban J connectivity index is 1.09. The Kier molecular flexibility index (Phi) is 8.22. The number of hydrogen-bond donors (Lipinski definition) is 0. The van der Waals surface area contributed by atoms with Crippen LogP contribution in [-0.2, 0) is 6.42 Å². The van der Waals surface area contributed by atoms with Crippen molar-refractivity contribution in [3.05, 3.63) is 228 Å². The SMILES string of the molecule is Cc1ccc2c(c1)c1cc(C)ccc1n2-c1cccc([Si](c2ccccc2)(c2ccccc2)c2ccc3c(c2)-c2cc(-n4c5ccc(C)cc5c5cc(C)ccc54)ccc2C3)c1.